The predicted octanol–water partition coefficient (Wildman–Crippen LogP) is 0.749. The second-order valence-electron chi connectivity index (χ2n) is 5.55. The molecule has 1 amide bonds. The normalized spacial score (nSPS) is 15.9. The molecule has 7 heteroatoms. The summed E-state index contributed by atoms with van der Waals surface area (Å²) in [6, 6.07) is 3.65. The van der Waals surface area contributed by atoms with Crippen molar-refractivity contribution in [3.63, 3.8) is 0 Å². The Hall–Kier alpha value is -1.44. The van der Waals surface area contributed by atoms with Gasteiger partial charge in [-0.25, -0.2) is 13.1 Å². The molecular formula is C15H22N2O4S. The largest absolute Gasteiger partial charge is 0.378 e. The third-order valence-corrected chi connectivity index (χ3v) is 5.36. The number of ether oxygens (including phenoxy) is 1. The fourth-order valence-corrected chi connectivity index (χ4v) is 4.17. The van der Waals surface area contributed by atoms with Crippen LogP contribution in [0.25, 0.3) is 0 Å². The van der Waals surface area contributed by atoms with Crippen LogP contribution in [0.5, 0.6) is 0 Å². The molecule has 0 unspecified atom stereocenters. The molecule has 1 aliphatic rings. The van der Waals surface area contributed by atoms with Crippen LogP contribution in [-0.2, 0) is 19.6 Å². The maximum absolute atomic E-state index is 12.5. The Morgan fingerprint density at radius 1 is 1.18 bits per heavy atom. The Balaban J connectivity index is 2.10. The lowest BCUT2D eigenvalue weighted by molar-refractivity contribution is -0.133. The zero-order chi connectivity index (χ0) is 16.3. The van der Waals surface area contributed by atoms with Crippen LogP contribution in [0.4, 0.5) is 0 Å². The molecule has 0 spiro atoms. The molecule has 1 aliphatic heterocycles. The third-order valence-electron chi connectivity index (χ3n) is 3.65. The van der Waals surface area contributed by atoms with E-state index < -0.39 is 10.0 Å². The summed E-state index contributed by atoms with van der Waals surface area (Å²) in [4.78, 5) is 13.9. The first-order valence-electron chi connectivity index (χ1n) is 7.24. The highest BCUT2D eigenvalue weighted by atomic mass is 32.2. The van der Waals surface area contributed by atoms with Gasteiger partial charge in [0.25, 0.3) is 0 Å². The predicted molar refractivity (Wildman–Crippen MR) is 83.2 cm³/mol. The topological polar surface area (TPSA) is 75.7 Å². The first-order chi connectivity index (χ1) is 10.3. The van der Waals surface area contributed by atoms with E-state index in [1.807, 2.05) is 19.1 Å². The number of carbonyl (C=O) groups excluding carboxylic acids is 1. The van der Waals surface area contributed by atoms with Gasteiger partial charge in [0.1, 0.15) is 0 Å². The summed E-state index contributed by atoms with van der Waals surface area (Å²) >= 11 is 0. The second kappa shape index (κ2) is 6.76. The van der Waals surface area contributed by atoms with Gasteiger partial charge in [0.05, 0.1) is 24.7 Å². The molecule has 1 N–H and O–H groups in total. The molecule has 1 aromatic carbocycles. The number of hydrogen-bond acceptors (Lipinski definition) is 4. The summed E-state index contributed by atoms with van der Waals surface area (Å²) in [7, 11) is -3.70. The highest BCUT2D eigenvalue weighted by Crippen LogP contribution is 2.21. The molecule has 0 aromatic heterocycles. The average Bonchev–Trinajstić information content (AvgIpc) is 2.44. The van der Waals surface area contributed by atoms with Crippen LogP contribution in [0.1, 0.15) is 16.7 Å². The van der Waals surface area contributed by atoms with Crippen LogP contribution >= 0.6 is 0 Å². The lowest BCUT2D eigenvalue weighted by atomic mass is 10.1. The van der Waals surface area contributed by atoms with Crippen LogP contribution in [-0.4, -0.2) is 52.1 Å². The molecule has 0 saturated carbocycles. The number of hydrogen-bond donors (Lipinski definition) is 1. The van der Waals surface area contributed by atoms with Crippen molar-refractivity contribution in [3.05, 3.63) is 28.8 Å². The van der Waals surface area contributed by atoms with E-state index in [4.69, 9.17) is 4.74 Å². The molecule has 0 aliphatic carbocycles. The van der Waals surface area contributed by atoms with Crippen molar-refractivity contribution in [1.82, 2.24) is 9.62 Å². The summed E-state index contributed by atoms with van der Waals surface area (Å²) in [5, 5.41) is 0. The zero-order valence-corrected chi connectivity index (χ0v) is 14.0. The van der Waals surface area contributed by atoms with Gasteiger partial charge in [-0.1, -0.05) is 17.7 Å². The van der Waals surface area contributed by atoms with Gasteiger partial charge >= 0.3 is 0 Å². The molecule has 1 saturated heterocycles. The van der Waals surface area contributed by atoms with Crippen LogP contribution in [0, 0.1) is 20.8 Å². The third kappa shape index (κ3) is 3.85. The number of nitrogens with one attached hydrogen (secondary N) is 1. The summed E-state index contributed by atoms with van der Waals surface area (Å²) in [6.45, 7) is 7.22. The number of sulfonamides is 1. The van der Waals surface area contributed by atoms with E-state index in [1.54, 1.807) is 18.7 Å². The fourth-order valence-electron chi connectivity index (χ4n) is 2.74. The maximum atomic E-state index is 12.5. The molecule has 2 rings (SSSR count). The minimum Gasteiger partial charge on any atom is -0.378 e. The molecule has 1 aromatic rings. The van der Waals surface area contributed by atoms with Crippen molar-refractivity contribution in [2.75, 3.05) is 32.8 Å². The number of benzene rings is 1. The number of aryl methyl sites for hydroxylation is 3. The summed E-state index contributed by atoms with van der Waals surface area (Å²) in [6.07, 6.45) is 0. The first kappa shape index (κ1) is 16.9. The smallest absolute Gasteiger partial charge is 0.241 e. The molecule has 0 radical (unpaired) electrons. The molecule has 6 nitrogen and oxygen atoms in total. The van der Waals surface area contributed by atoms with Gasteiger partial charge in [0, 0.05) is 13.1 Å². The number of carbonyl (C=O) groups is 1. The van der Waals surface area contributed by atoms with E-state index in [-0.39, 0.29) is 17.3 Å². The highest BCUT2D eigenvalue weighted by molar-refractivity contribution is 7.89. The lowest BCUT2D eigenvalue weighted by Gasteiger charge is -2.27. The van der Waals surface area contributed by atoms with Gasteiger partial charge in [-0.2, -0.15) is 0 Å². The zero-order valence-electron chi connectivity index (χ0n) is 13.2. The first-order valence-corrected chi connectivity index (χ1v) is 8.72. The molecule has 1 heterocycles. The summed E-state index contributed by atoms with van der Waals surface area (Å²) in [5.41, 5.74) is 2.38. The van der Waals surface area contributed by atoms with Crippen LogP contribution < -0.4 is 4.72 Å². The van der Waals surface area contributed by atoms with E-state index in [9.17, 15) is 13.2 Å². The Morgan fingerprint density at radius 2 is 1.73 bits per heavy atom. The fraction of sp³-hybridized carbons (Fsp3) is 0.533. The summed E-state index contributed by atoms with van der Waals surface area (Å²) < 4.78 is 32.5. The van der Waals surface area contributed by atoms with E-state index in [0.29, 0.717) is 37.4 Å². The second-order valence-corrected chi connectivity index (χ2v) is 7.25. The van der Waals surface area contributed by atoms with E-state index >= 15 is 0 Å². The van der Waals surface area contributed by atoms with Crippen molar-refractivity contribution in [2.24, 2.45) is 0 Å². The SMILES string of the molecule is Cc1cc(C)c(S(=O)(=O)NCC(=O)N2CCOCC2)c(C)c1. The van der Waals surface area contributed by atoms with E-state index in [1.165, 1.54) is 0 Å². The van der Waals surface area contributed by atoms with Gasteiger partial charge in [-0.05, 0) is 31.9 Å². The van der Waals surface area contributed by atoms with Crippen LogP contribution in [0.15, 0.2) is 17.0 Å². The van der Waals surface area contributed by atoms with Gasteiger partial charge in [-0.15, -0.1) is 0 Å². The minimum absolute atomic E-state index is 0.227. The van der Waals surface area contributed by atoms with Crippen molar-refractivity contribution >= 4 is 15.9 Å². The Labute approximate surface area is 131 Å². The Bertz CT molecular complexity index is 641. The number of amides is 1. The van der Waals surface area contributed by atoms with Crippen molar-refractivity contribution < 1.29 is 17.9 Å². The summed E-state index contributed by atoms with van der Waals surface area (Å²) in [5.74, 6) is -0.228. The van der Waals surface area contributed by atoms with Gasteiger partial charge in [0.15, 0.2) is 0 Å². The standard InChI is InChI=1S/C15H22N2O4S/c1-11-8-12(2)15(13(3)9-11)22(19,20)16-10-14(18)17-4-6-21-7-5-17/h8-9,16H,4-7,10H2,1-3H3. The van der Waals surface area contributed by atoms with Gasteiger partial charge in [-0.3, -0.25) is 4.79 Å². The monoisotopic (exact) mass is 326 g/mol. The van der Waals surface area contributed by atoms with Crippen LogP contribution in [0.3, 0.4) is 0 Å². The minimum atomic E-state index is -3.70. The van der Waals surface area contributed by atoms with Gasteiger partial charge < -0.3 is 9.64 Å². The Morgan fingerprint density at radius 3 is 2.27 bits per heavy atom. The lowest BCUT2D eigenvalue weighted by Crippen LogP contribution is -2.45. The van der Waals surface area contributed by atoms with Crippen molar-refractivity contribution in [3.8, 4) is 0 Å². The Kier molecular flexibility index (Phi) is 5.20. The number of morpholine rings is 1. The van der Waals surface area contributed by atoms with Crippen molar-refractivity contribution in [2.45, 2.75) is 25.7 Å². The van der Waals surface area contributed by atoms with Crippen LogP contribution in [0.2, 0.25) is 0 Å². The molecule has 0 atom stereocenters. The van der Waals surface area contributed by atoms with Gasteiger partial charge in [0.2, 0.25) is 15.9 Å². The van der Waals surface area contributed by atoms with E-state index in [2.05, 4.69) is 4.72 Å². The highest BCUT2D eigenvalue weighted by Gasteiger charge is 2.23. The average molecular weight is 326 g/mol. The molecule has 1 fully saturated rings. The number of nitrogens with zero attached hydrogens (tertiary/aromatic N) is 1. The molecule has 122 valence electrons. The van der Waals surface area contributed by atoms with Crippen molar-refractivity contribution in [1.29, 1.82) is 0 Å². The number of rotatable bonds is 4. The molecule has 22 heavy (non-hydrogen) atoms. The van der Waals surface area contributed by atoms with E-state index in [0.717, 1.165) is 5.56 Å². The maximum Gasteiger partial charge on any atom is 0.241 e. The molecule has 0 bridgehead atoms. The quantitative estimate of drug-likeness (QED) is 0.886. The molecular weight excluding hydrogens is 304 g/mol.